The van der Waals surface area contributed by atoms with Crippen molar-refractivity contribution in [3.63, 3.8) is 0 Å². The van der Waals surface area contributed by atoms with E-state index in [-0.39, 0.29) is 30.0 Å². The second-order valence-electron chi connectivity index (χ2n) is 6.66. The number of fused-ring (bicyclic) bond motifs is 1. The average Bonchev–Trinajstić information content (AvgIpc) is 2.59. The third-order valence-corrected chi connectivity index (χ3v) is 5.84. The summed E-state index contributed by atoms with van der Waals surface area (Å²) in [7, 11) is -3.65. The standard InChI is InChI=1S/C17H23NO7S/c1-17(2,16(20)21)6-7-18-15(19)5-10-26(22,23)12-3-4-13-14(11-12)25-9-8-24-13/h3-4,11H,5-10H2,1-2H3,(H,18,19)(H,20,21). The molecule has 0 saturated heterocycles. The van der Waals surface area contributed by atoms with Crippen LogP contribution in [0.4, 0.5) is 0 Å². The first kappa shape index (κ1) is 20.0. The molecule has 0 fully saturated rings. The lowest BCUT2D eigenvalue weighted by atomic mass is 9.90. The Morgan fingerprint density at radius 1 is 1.19 bits per heavy atom. The van der Waals surface area contributed by atoms with Crippen molar-refractivity contribution in [2.75, 3.05) is 25.5 Å². The van der Waals surface area contributed by atoms with Crippen LogP contribution in [0.2, 0.25) is 0 Å². The summed E-state index contributed by atoms with van der Waals surface area (Å²) in [6, 6.07) is 4.36. The molecule has 2 rings (SSSR count). The third-order valence-electron chi connectivity index (χ3n) is 4.12. The molecule has 0 aromatic heterocycles. The molecular weight excluding hydrogens is 362 g/mol. The van der Waals surface area contributed by atoms with Crippen LogP contribution in [0.15, 0.2) is 23.1 Å². The lowest BCUT2D eigenvalue weighted by molar-refractivity contribution is -0.147. The zero-order valence-corrected chi connectivity index (χ0v) is 15.6. The largest absolute Gasteiger partial charge is 0.486 e. The van der Waals surface area contributed by atoms with Gasteiger partial charge in [-0.2, -0.15) is 0 Å². The second-order valence-corrected chi connectivity index (χ2v) is 8.77. The van der Waals surface area contributed by atoms with Gasteiger partial charge in [-0.3, -0.25) is 9.59 Å². The SMILES string of the molecule is CC(C)(CCNC(=O)CCS(=O)(=O)c1ccc2c(c1)OCCO2)C(=O)O. The fraction of sp³-hybridized carbons (Fsp3) is 0.529. The number of benzene rings is 1. The minimum Gasteiger partial charge on any atom is -0.486 e. The molecule has 1 aromatic carbocycles. The van der Waals surface area contributed by atoms with Gasteiger partial charge in [-0.1, -0.05) is 0 Å². The first-order valence-electron chi connectivity index (χ1n) is 8.24. The molecule has 1 aliphatic heterocycles. The van der Waals surface area contributed by atoms with Gasteiger partial charge in [0.1, 0.15) is 13.2 Å². The normalized spacial score (nSPS) is 13.9. The molecule has 0 atom stereocenters. The minimum atomic E-state index is -3.65. The van der Waals surface area contributed by atoms with Crippen LogP contribution in [0, 0.1) is 5.41 Å². The second kappa shape index (κ2) is 7.94. The van der Waals surface area contributed by atoms with Gasteiger partial charge in [-0.15, -0.1) is 0 Å². The predicted molar refractivity (Wildman–Crippen MR) is 93.1 cm³/mol. The molecule has 0 radical (unpaired) electrons. The zero-order chi connectivity index (χ0) is 19.4. The van der Waals surface area contributed by atoms with E-state index in [1.54, 1.807) is 13.8 Å². The highest BCUT2D eigenvalue weighted by molar-refractivity contribution is 7.91. The van der Waals surface area contributed by atoms with E-state index in [9.17, 15) is 18.0 Å². The van der Waals surface area contributed by atoms with Crippen LogP contribution in [0.1, 0.15) is 26.7 Å². The molecule has 9 heteroatoms. The van der Waals surface area contributed by atoms with Gasteiger partial charge in [0.15, 0.2) is 21.3 Å². The van der Waals surface area contributed by atoms with Crippen LogP contribution in [-0.4, -0.2) is 50.9 Å². The van der Waals surface area contributed by atoms with Crippen molar-refractivity contribution in [3.8, 4) is 11.5 Å². The maximum Gasteiger partial charge on any atom is 0.309 e. The number of sulfone groups is 1. The molecule has 1 aromatic rings. The van der Waals surface area contributed by atoms with Gasteiger partial charge in [0.2, 0.25) is 5.91 Å². The highest BCUT2D eigenvalue weighted by Gasteiger charge is 2.26. The summed E-state index contributed by atoms with van der Waals surface area (Å²) < 4.78 is 35.5. The molecule has 0 spiro atoms. The van der Waals surface area contributed by atoms with E-state index in [1.807, 2.05) is 0 Å². The van der Waals surface area contributed by atoms with E-state index in [4.69, 9.17) is 14.6 Å². The van der Waals surface area contributed by atoms with Gasteiger partial charge in [-0.25, -0.2) is 8.42 Å². The van der Waals surface area contributed by atoms with E-state index in [2.05, 4.69) is 5.32 Å². The van der Waals surface area contributed by atoms with Crippen molar-refractivity contribution in [3.05, 3.63) is 18.2 Å². The predicted octanol–water partition coefficient (Wildman–Crippen LogP) is 1.24. The van der Waals surface area contributed by atoms with Gasteiger partial charge >= 0.3 is 5.97 Å². The smallest absolute Gasteiger partial charge is 0.309 e. The fourth-order valence-corrected chi connectivity index (χ4v) is 3.52. The lowest BCUT2D eigenvalue weighted by Gasteiger charge is -2.19. The molecule has 1 aliphatic rings. The van der Waals surface area contributed by atoms with Crippen LogP contribution in [-0.2, 0) is 19.4 Å². The van der Waals surface area contributed by atoms with E-state index in [0.29, 0.717) is 24.7 Å². The molecule has 26 heavy (non-hydrogen) atoms. The average molecular weight is 385 g/mol. The van der Waals surface area contributed by atoms with E-state index >= 15 is 0 Å². The molecule has 1 heterocycles. The van der Waals surface area contributed by atoms with E-state index in [1.165, 1.54) is 18.2 Å². The molecule has 0 saturated carbocycles. The first-order valence-corrected chi connectivity index (χ1v) is 9.89. The Balaban J connectivity index is 1.88. The van der Waals surface area contributed by atoms with Crippen molar-refractivity contribution in [1.29, 1.82) is 0 Å². The van der Waals surface area contributed by atoms with Gasteiger partial charge in [0.25, 0.3) is 0 Å². The number of rotatable bonds is 8. The summed E-state index contributed by atoms with van der Waals surface area (Å²) >= 11 is 0. The molecule has 2 N–H and O–H groups in total. The van der Waals surface area contributed by atoms with Crippen LogP contribution in [0.25, 0.3) is 0 Å². The molecular formula is C17H23NO7S. The van der Waals surface area contributed by atoms with Crippen molar-refractivity contribution in [2.24, 2.45) is 5.41 Å². The fourth-order valence-electron chi connectivity index (χ4n) is 2.27. The number of ether oxygens (including phenoxy) is 2. The summed E-state index contributed by atoms with van der Waals surface area (Å²) in [5, 5.41) is 11.6. The number of amides is 1. The molecule has 0 unspecified atom stereocenters. The van der Waals surface area contributed by atoms with Gasteiger partial charge in [-0.05, 0) is 32.4 Å². The molecule has 0 aliphatic carbocycles. The Bertz CT molecular complexity index is 786. The van der Waals surface area contributed by atoms with E-state index < -0.39 is 27.1 Å². The monoisotopic (exact) mass is 385 g/mol. The van der Waals surface area contributed by atoms with Crippen molar-refractivity contribution >= 4 is 21.7 Å². The summed E-state index contributed by atoms with van der Waals surface area (Å²) in [5.74, 6) is -0.868. The number of carbonyl (C=O) groups excluding carboxylic acids is 1. The van der Waals surface area contributed by atoms with Crippen molar-refractivity contribution in [1.82, 2.24) is 5.32 Å². The Kier molecular flexibility index (Phi) is 6.12. The highest BCUT2D eigenvalue weighted by Crippen LogP contribution is 2.32. The Labute approximate surface area is 152 Å². The number of hydrogen-bond acceptors (Lipinski definition) is 6. The van der Waals surface area contributed by atoms with Crippen LogP contribution in [0.3, 0.4) is 0 Å². The quantitative estimate of drug-likeness (QED) is 0.691. The molecule has 0 bridgehead atoms. The Morgan fingerprint density at radius 3 is 2.50 bits per heavy atom. The number of aliphatic carboxylic acids is 1. The molecule has 144 valence electrons. The summed E-state index contributed by atoms with van der Waals surface area (Å²) in [5.41, 5.74) is -0.954. The third kappa shape index (κ3) is 5.10. The van der Waals surface area contributed by atoms with Gasteiger partial charge in [0.05, 0.1) is 16.1 Å². The molecule has 8 nitrogen and oxygen atoms in total. The first-order chi connectivity index (χ1) is 12.1. The minimum absolute atomic E-state index is 0.0709. The maximum absolute atomic E-state index is 12.4. The Hall–Kier alpha value is -2.29. The number of carboxylic acids is 1. The van der Waals surface area contributed by atoms with E-state index in [0.717, 1.165) is 0 Å². The summed E-state index contributed by atoms with van der Waals surface area (Å²) in [6.07, 6.45) is 0.0489. The van der Waals surface area contributed by atoms with Crippen LogP contribution < -0.4 is 14.8 Å². The van der Waals surface area contributed by atoms with Crippen molar-refractivity contribution in [2.45, 2.75) is 31.6 Å². The highest BCUT2D eigenvalue weighted by atomic mass is 32.2. The number of nitrogens with one attached hydrogen (secondary N) is 1. The molecule has 1 amide bonds. The van der Waals surface area contributed by atoms with Crippen LogP contribution in [0.5, 0.6) is 11.5 Å². The van der Waals surface area contributed by atoms with Gasteiger partial charge < -0.3 is 19.9 Å². The Morgan fingerprint density at radius 2 is 1.85 bits per heavy atom. The number of carbonyl (C=O) groups is 2. The topological polar surface area (TPSA) is 119 Å². The van der Waals surface area contributed by atoms with Gasteiger partial charge in [0, 0.05) is 19.0 Å². The number of hydrogen-bond donors (Lipinski definition) is 2. The van der Waals surface area contributed by atoms with Crippen molar-refractivity contribution < 1.29 is 32.6 Å². The summed E-state index contributed by atoms with van der Waals surface area (Å²) in [4.78, 5) is 22.9. The lowest BCUT2D eigenvalue weighted by Crippen LogP contribution is -2.32. The maximum atomic E-state index is 12.4. The summed E-state index contributed by atoms with van der Waals surface area (Å²) in [6.45, 7) is 4.06. The van der Waals surface area contributed by atoms with Crippen LogP contribution >= 0.6 is 0 Å². The number of carboxylic acid groups (broad SMARTS) is 1. The zero-order valence-electron chi connectivity index (χ0n) is 14.8.